The molecular formula is C16H25N5O2S. The fraction of sp³-hybridized carbons (Fsp3) is 0.688. The zero-order valence-corrected chi connectivity index (χ0v) is 15.5. The third kappa shape index (κ3) is 3.60. The summed E-state index contributed by atoms with van der Waals surface area (Å²) in [4.78, 5) is 21.8. The predicted octanol–water partition coefficient (Wildman–Crippen LogP) is 0.995. The van der Waals surface area contributed by atoms with E-state index in [1.807, 2.05) is 20.8 Å². The highest BCUT2D eigenvalue weighted by molar-refractivity contribution is 7.20. The zero-order chi connectivity index (χ0) is 17.5. The molecule has 1 unspecified atom stereocenters. The molecule has 3 rings (SSSR count). The molecule has 24 heavy (non-hydrogen) atoms. The van der Waals surface area contributed by atoms with Gasteiger partial charge < -0.3 is 10.0 Å². The van der Waals surface area contributed by atoms with Crippen LogP contribution in [0.4, 0.5) is 5.13 Å². The van der Waals surface area contributed by atoms with Gasteiger partial charge in [-0.15, -0.1) is 5.10 Å². The van der Waals surface area contributed by atoms with E-state index in [1.54, 1.807) is 6.07 Å². The summed E-state index contributed by atoms with van der Waals surface area (Å²) in [7, 11) is 0. The van der Waals surface area contributed by atoms with Gasteiger partial charge in [0.25, 0.3) is 5.56 Å². The molecule has 1 saturated heterocycles. The number of aromatic nitrogens is 3. The Morgan fingerprint density at radius 1 is 1.42 bits per heavy atom. The first-order chi connectivity index (χ1) is 11.3. The van der Waals surface area contributed by atoms with Crippen molar-refractivity contribution in [3.63, 3.8) is 0 Å². The minimum atomic E-state index is -0.689. The third-order valence-electron chi connectivity index (χ3n) is 4.22. The summed E-state index contributed by atoms with van der Waals surface area (Å²) >= 11 is 1.46. The second-order valence-electron chi connectivity index (χ2n) is 7.11. The van der Waals surface area contributed by atoms with E-state index in [1.165, 1.54) is 15.9 Å². The molecule has 0 bridgehead atoms. The monoisotopic (exact) mass is 351 g/mol. The topological polar surface area (TPSA) is 74.0 Å². The molecule has 8 heteroatoms. The summed E-state index contributed by atoms with van der Waals surface area (Å²) in [6.45, 7) is 11.0. The Labute approximate surface area is 145 Å². The molecule has 7 nitrogen and oxygen atoms in total. The largest absolute Gasteiger partial charge is 0.389 e. The average molecular weight is 351 g/mol. The highest BCUT2D eigenvalue weighted by Crippen LogP contribution is 2.25. The molecule has 1 aliphatic heterocycles. The van der Waals surface area contributed by atoms with Gasteiger partial charge in [0, 0.05) is 44.0 Å². The van der Waals surface area contributed by atoms with E-state index < -0.39 is 5.60 Å². The molecule has 2 aromatic heterocycles. The van der Waals surface area contributed by atoms with E-state index in [9.17, 15) is 9.90 Å². The average Bonchev–Trinajstić information content (AvgIpc) is 2.89. The van der Waals surface area contributed by atoms with E-state index in [0.717, 1.165) is 36.9 Å². The van der Waals surface area contributed by atoms with E-state index in [2.05, 4.69) is 26.8 Å². The second kappa shape index (κ2) is 6.42. The van der Waals surface area contributed by atoms with Gasteiger partial charge >= 0.3 is 0 Å². The molecule has 1 aliphatic rings. The summed E-state index contributed by atoms with van der Waals surface area (Å²) in [5.74, 6) is 0. The van der Waals surface area contributed by atoms with Crippen LogP contribution in [0.2, 0.25) is 0 Å². The second-order valence-corrected chi connectivity index (χ2v) is 8.04. The Kier molecular flexibility index (Phi) is 4.63. The number of hydrogen-bond donors (Lipinski definition) is 1. The Hall–Kier alpha value is -1.51. The molecule has 2 aromatic rings. The molecule has 0 aromatic carbocycles. The number of nitrogens with zero attached hydrogens (tertiary/aromatic N) is 5. The predicted molar refractivity (Wildman–Crippen MR) is 96.1 cm³/mol. The van der Waals surface area contributed by atoms with Crippen molar-refractivity contribution >= 4 is 21.4 Å². The van der Waals surface area contributed by atoms with Crippen molar-refractivity contribution in [2.45, 2.75) is 45.8 Å². The van der Waals surface area contributed by atoms with Gasteiger partial charge in [0.1, 0.15) is 0 Å². The SMILES string of the molecule is CCc1cc(=O)n2nc(N3CCN(CC(C)(C)O)CC3C)sc2n1. The lowest BCUT2D eigenvalue weighted by molar-refractivity contribution is 0.0308. The van der Waals surface area contributed by atoms with Gasteiger partial charge in [-0.25, -0.2) is 4.98 Å². The zero-order valence-electron chi connectivity index (χ0n) is 14.7. The highest BCUT2D eigenvalue weighted by Gasteiger charge is 2.29. The van der Waals surface area contributed by atoms with Gasteiger partial charge in [0.05, 0.1) is 5.60 Å². The summed E-state index contributed by atoms with van der Waals surface area (Å²) in [6, 6.07) is 1.82. The quantitative estimate of drug-likeness (QED) is 0.886. The minimum Gasteiger partial charge on any atom is -0.389 e. The van der Waals surface area contributed by atoms with Crippen LogP contribution >= 0.6 is 11.3 Å². The molecule has 0 saturated carbocycles. The third-order valence-corrected chi connectivity index (χ3v) is 5.16. The number of fused-ring (bicyclic) bond motifs is 1. The standard InChI is InChI=1S/C16H25N5O2S/c1-5-12-8-13(22)21-14(17-12)24-15(18-21)20-7-6-19(9-11(20)2)10-16(3,4)23/h8,11,23H,5-7,9-10H2,1-4H3. The lowest BCUT2D eigenvalue weighted by Crippen LogP contribution is -2.54. The summed E-state index contributed by atoms with van der Waals surface area (Å²) in [6.07, 6.45) is 0.741. The normalized spacial score (nSPS) is 20.0. The lowest BCUT2D eigenvalue weighted by atomic mass is 10.1. The van der Waals surface area contributed by atoms with Gasteiger partial charge in [-0.05, 0) is 27.2 Å². The van der Waals surface area contributed by atoms with Crippen molar-refractivity contribution < 1.29 is 5.11 Å². The van der Waals surface area contributed by atoms with Crippen molar-refractivity contribution in [3.8, 4) is 0 Å². The Bertz CT molecular complexity index is 779. The van der Waals surface area contributed by atoms with Crippen LogP contribution in [0.25, 0.3) is 4.96 Å². The Morgan fingerprint density at radius 2 is 2.17 bits per heavy atom. The van der Waals surface area contributed by atoms with Crippen LogP contribution in [0.1, 0.15) is 33.4 Å². The molecule has 0 radical (unpaired) electrons. The summed E-state index contributed by atoms with van der Waals surface area (Å²) in [5.41, 5.74) is -0.00292. The Morgan fingerprint density at radius 3 is 2.79 bits per heavy atom. The minimum absolute atomic E-state index is 0.118. The molecule has 1 atom stereocenters. The number of aryl methyl sites for hydroxylation is 1. The highest BCUT2D eigenvalue weighted by atomic mass is 32.1. The van der Waals surface area contributed by atoms with Gasteiger partial charge in [0.15, 0.2) is 0 Å². The van der Waals surface area contributed by atoms with Crippen LogP contribution < -0.4 is 10.5 Å². The first-order valence-electron chi connectivity index (χ1n) is 8.38. The fourth-order valence-corrected chi connectivity index (χ4v) is 4.21. The molecule has 1 N–H and O–H groups in total. The van der Waals surface area contributed by atoms with Crippen LogP contribution in [0, 0.1) is 0 Å². The summed E-state index contributed by atoms with van der Waals surface area (Å²) < 4.78 is 1.40. The molecule has 1 fully saturated rings. The number of rotatable bonds is 4. The first-order valence-corrected chi connectivity index (χ1v) is 9.19. The summed E-state index contributed by atoms with van der Waals surface area (Å²) in [5, 5.41) is 15.3. The molecule has 0 aliphatic carbocycles. The van der Waals surface area contributed by atoms with Gasteiger partial charge in [-0.1, -0.05) is 18.3 Å². The Balaban J connectivity index is 1.81. The maximum Gasteiger partial charge on any atom is 0.275 e. The maximum atomic E-state index is 12.2. The van der Waals surface area contributed by atoms with Crippen LogP contribution in [-0.2, 0) is 6.42 Å². The van der Waals surface area contributed by atoms with Crippen LogP contribution in [0.15, 0.2) is 10.9 Å². The van der Waals surface area contributed by atoms with Crippen LogP contribution in [0.5, 0.6) is 0 Å². The molecule has 0 spiro atoms. The van der Waals surface area contributed by atoms with Crippen molar-refractivity contribution in [3.05, 3.63) is 22.1 Å². The van der Waals surface area contributed by atoms with E-state index in [0.29, 0.717) is 11.5 Å². The van der Waals surface area contributed by atoms with Crippen LogP contribution in [-0.4, -0.2) is 62.4 Å². The van der Waals surface area contributed by atoms with E-state index in [-0.39, 0.29) is 11.6 Å². The van der Waals surface area contributed by atoms with E-state index in [4.69, 9.17) is 0 Å². The van der Waals surface area contributed by atoms with Crippen molar-refractivity contribution in [2.24, 2.45) is 0 Å². The van der Waals surface area contributed by atoms with Crippen LogP contribution in [0.3, 0.4) is 0 Å². The van der Waals surface area contributed by atoms with Gasteiger partial charge in [-0.3, -0.25) is 9.69 Å². The number of hydrogen-bond acceptors (Lipinski definition) is 7. The molecule has 0 amide bonds. The van der Waals surface area contributed by atoms with Crippen molar-refractivity contribution in [1.82, 2.24) is 19.5 Å². The van der Waals surface area contributed by atoms with Gasteiger partial charge in [-0.2, -0.15) is 4.52 Å². The smallest absolute Gasteiger partial charge is 0.275 e. The first kappa shape index (κ1) is 17.3. The number of β-amino-alcohol motifs (C(OH)–C–C–N with tert-alkyl or cyclic N) is 1. The van der Waals surface area contributed by atoms with Crippen molar-refractivity contribution in [2.75, 3.05) is 31.1 Å². The molecule has 3 heterocycles. The van der Waals surface area contributed by atoms with Crippen molar-refractivity contribution in [1.29, 1.82) is 0 Å². The molecule has 132 valence electrons. The lowest BCUT2D eigenvalue weighted by Gasteiger charge is -2.41. The molecular weight excluding hydrogens is 326 g/mol. The van der Waals surface area contributed by atoms with E-state index >= 15 is 0 Å². The number of anilines is 1. The number of piperazine rings is 1. The number of aliphatic hydroxyl groups is 1. The maximum absolute atomic E-state index is 12.2. The van der Waals surface area contributed by atoms with Gasteiger partial charge in [0.2, 0.25) is 10.1 Å². The fourth-order valence-electron chi connectivity index (χ4n) is 3.15.